The van der Waals surface area contributed by atoms with Crippen molar-refractivity contribution in [1.29, 1.82) is 0 Å². The summed E-state index contributed by atoms with van der Waals surface area (Å²) in [6.07, 6.45) is 6.86. The molecule has 7 heteroatoms. The van der Waals surface area contributed by atoms with Crippen molar-refractivity contribution >= 4 is 16.1 Å². The molecule has 0 radical (unpaired) electrons. The predicted octanol–water partition coefficient (Wildman–Crippen LogP) is 0.251. The molecule has 0 fully saturated rings. The van der Waals surface area contributed by atoms with Crippen LogP contribution in [0.1, 0.15) is 51.9 Å². The molecule has 0 N–H and O–H groups in total. The van der Waals surface area contributed by atoms with Gasteiger partial charge in [-0.2, -0.15) is 0 Å². The van der Waals surface area contributed by atoms with Gasteiger partial charge in [0.05, 0.1) is 4.90 Å². The molecule has 1 aromatic rings. The van der Waals surface area contributed by atoms with Crippen LogP contribution >= 0.6 is 0 Å². The molecule has 0 aromatic heterocycles. The number of esters is 1. The smallest absolute Gasteiger partial charge is 0.744 e. The van der Waals surface area contributed by atoms with E-state index in [0.717, 1.165) is 31.4 Å². The molecule has 0 amide bonds. The van der Waals surface area contributed by atoms with Gasteiger partial charge in [-0.25, -0.2) is 8.42 Å². The normalized spacial score (nSPS) is 10.8. The Hall–Kier alpha value is -0.400. The van der Waals surface area contributed by atoms with Gasteiger partial charge in [0.25, 0.3) is 0 Å². The van der Waals surface area contributed by atoms with Crippen molar-refractivity contribution < 1.29 is 52.1 Å². The van der Waals surface area contributed by atoms with Crippen LogP contribution in [0.5, 0.6) is 5.75 Å². The van der Waals surface area contributed by atoms with E-state index in [0.29, 0.717) is 6.42 Å². The standard InChI is InChI=1S/C15H22O5S.Na/c1-2-3-4-5-6-7-8-15(16)20-13-9-11-14(12-10-13)21(17,18)19;/h9-12H,2-8H2,1H3,(H,17,18,19);/q;+1/p-1. The molecule has 22 heavy (non-hydrogen) atoms. The van der Waals surface area contributed by atoms with Crippen LogP contribution in [0.25, 0.3) is 0 Å². The van der Waals surface area contributed by atoms with Gasteiger partial charge in [-0.15, -0.1) is 0 Å². The summed E-state index contributed by atoms with van der Waals surface area (Å²) in [7, 11) is -4.46. The molecular formula is C15H21NaO5S. The van der Waals surface area contributed by atoms with Crippen molar-refractivity contribution in [3.05, 3.63) is 24.3 Å². The fraction of sp³-hybridized carbons (Fsp3) is 0.533. The number of unbranched alkanes of at least 4 members (excludes halogenated alkanes) is 5. The summed E-state index contributed by atoms with van der Waals surface area (Å²) in [5.74, 6) is -0.0957. The van der Waals surface area contributed by atoms with E-state index in [1.165, 1.54) is 31.4 Å². The maximum Gasteiger partial charge on any atom is 1.00 e. The second kappa shape index (κ2) is 11.2. The van der Waals surface area contributed by atoms with Gasteiger partial charge in [-0.1, -0.05) is 39.0 Å². The van der Waals surface area contributed by atoms with Crippen LogP contribution in [0.3, 0.4) is 0 Å². The van der Waals surface area contributed by atoms with Gasteiger partial charge in [-0.3, -0.25) is 4.79 Å². The molecule has 0 bridgehead atoms. The van der Waals surface area contributed by atoms with Crippen LogP contribution in [-0.2, 0) is 14.9 Å². The van der Waals surface area contributed by atoms with Crippen molar-refractivity contribution in [1.82, 2.24) is 0 Å². The van der Waals surface area contributed by atoms with Crippen molar-refractivity contribution in [2.24, 2.45) is 0 Å². The maximum absolute atomic E-state index is 11.6. The minimum atomic E-state index is -4.46. The second-order valence-corrected chi connectivity index (χ2v) is 6.30. The molecule has 5 nitrogen and oxygen atoms in total. The number of benzene rings is 1. The summed E-state index contributed by atoms with van der Waals surface area (Å²) < 4.78 is 37.3. The Balaban J connectivity index is 0.00000441. The first-order valence-corrected chi connectivity index (χ1v) is 8.61. The first-order valence-electron chi connectivity index (χ1n) is 7.20. The predicted molar refractivity (Wildman–Crippen MR) is 78.0 cm³/mol. The molecule has 1 aromatic carbocycles. The molecule has 1 rings (SSSR count). The molecule has 0 unspecified atom stereocenters. The number of hydrogen-bond acceptors (Lipinski definition) is 5. The van der Waals surface area contributed by atoms with E-state index < -0.39 is 10.1 Å². The van der Waals surface area contributed by atoms with Crippen molar-refractivity contribution in [2.75, 3.05) is 0 Å². The van der Waals surface area contributed by atoms with E-state index in [2.05, 4.69) is 6.92 Å². The fourth-order valence-electron chi connectivity index (χ4n) is 1.91. The van der Waals surface area contributed by atoms with E-state index in [9.17, 15) is 17.8 Å². The molecular weight excluding hydrogens is 315 g/mol. The Labute approximate surface area is 154 Å². The molecule has 0 saturated heterocycles. The molecule has 0 spiro atoms. The Morgan fingerprint density at radius 1 is 1.05 bits per heavy atom. The zero-order chi connectivity index (χ0) is 15.7. The number of rotatable bonds is 9. The van der Waals surface area contributed by atoms with E-state index in [4.69, 9.17) is 4.74 Å². The van der Waals surface area contributed by atoms with Crippen molar-refractivity contribution in [3.8, 4) is 5.75 Å². The first-order chi connectivity index (χ1) is 9.93. The van der Waals surface area contributed by atoms with Crippen LogP contribution in [0.4, 0.5) is 0 Å². The van der Waals surface area contributed by atoms with Crippen molar-refractivity contribution in [2.45, 2.75) is 56.8 Å². The number of carbonyl (C=O) groups is 1. The monoisotopic (exact) mass is 336 g/mol. The van der Waals surface area contributed by atoms with Crippen LogP contribution in [0, 0.1) is 0 Å². The zero-order valence-corrected chi connectivity index (χ0v) is 16.0. The summed E-state index contributed by atoms with van der Waals surface area (Å²) in [6.45, 7) is 2.15. The Bertz CT molecular complexity index is 540. The molecule has 0 aliphatic carbocycles. The van der Waals surface area contributed by atoms with E-state index in [1.807, 2.05) is 0 Å². The third-order valence-corrected chi connectivity index (χ3v) is 3.93. The molecule has 118 valence electrons. The average Bonchev–Trinajstić information content (AvgIpc) is 2.42. The molecule has 0 atom stereocenters. The molecule has 0 aliphatic rings. The third-order valence-electron chi connectivity index (χ3n) is 3.08. The summed E-state index contributed by atoms with van der Waals surface area (Å²) in [4.78, 5) is 11.2. The van der Waals surface area contributed by atoms with Gasteiger partial charge < -0.3 is 9.29 Å². The van der Waals surface area contributed by atoms with Crippen LogP contribution in [-0.4, -0.2) is 18.9 Å². The zero-order valence-electron chi connectivity index (χ0n) is 13.2. The first kappa shape index (κ1) is 21.6. The SMILES string of the molecule is CCCCCCCCC(=O)Oc1ccc(S(=O)(=O)[O-])cc1.[Na+]. The Morgan fingerprint density at radius 3 is 2.14 bits per heavy atom. The van der Waals surface area contributed by atoms with Gasteiger partial charge in [0, 0.05) is 6.42 Å². The quantitative estimate of drug-likeness (QED) is 0.212. The minimum Gasteiger partial charge on any atom is -0.744 e. The minimum absolute atomic E-state index is 0. The Kier molecular flexibility index (Phi) is 11.0. The van der Waals surface area contributed by atoms with Gasteiger partial charge in [0.15, 0.2) is 0 Å². The van der Waals surface area contributed by atoms with E-state index >= 15 is 0 Å². The van der Waals surface area contributed by atoms with E-state index in [-0.39, 0.29) is 46.2 Å². The van der Waals surface area contributed by atoms with E-state index in [1.54, 1.807) is 0 Å². The number of carbonyl (C=O) groups excluding carboxylic acids is 1. The fourth-order valence-corrected chi connectivity index (χ4v) is 2.38. The average molecular weight is 336 g/mol. The summed E-state index contributed by atoms with van der Waals surface area (Å²) >= 11 is 0. The van der Waals surface area contributed by atoms with Gasteiger partial charge in [0.2, 0.25) is 0 Å². The molecule has 0 heterocycles. The van der Waals surface area contributed by atoms with Gasteiger partial charge in [0.1, 0.15) is 15.9 Å². The second-order valence-electron chi connectivity index (χ2n) is 4.92. The van der Waals surface area contributed by atoms with Crippen LogP contribution in [0.15, 0.2) is 29.2 Å². The van der Waals surface area contributed by atoms with Gasteiger partial charge >= 0.3 is 35.5 Å². The maximum atomic E-state index is 11.6. The largest absolute Gasteiger partial charge is 1.00 e. The van der Waals surface area contributed by atoms with Gasteiger partial charge in [-0.05, 0) is 30.7 Å². The van der Waals surface area contributed by atoms with Crippen LogP contribution in [0.2, 0.25) is 0 Å². The third kappa shape index (κ3) is 8.90. The topological polar surface area (TPSA) is 83.5 Å². The molecule has 0 aliphatic heterocycles. The summed E-state index contributed by atoms with van der Waals surface area (Å²) in [6, 6.07) is 4.89. The summed E-state index contributed by atoms with van der Waals surface area (Å²) in [5, 5.41) is 0. The number of ether oxygens (including phenoxy) is 1. The molecule has 0 saturated carbocycles. The summed E-state index contributed by atoms with van der Waals surface area (Å²) in [5.41, 5.74) is 0. The van der Waals surface area contributed by atoms with Crippen LogP contribution < -0.4 is 34.3 Å². The van der Waals surface area contributed by atoms with Crippen molar-refractivity contribution in [3.63, 3.8) is 0 Å². The number of hydrogen-bond donors (Lipinski definition) is 0. The Morgan fingerprint density at radius 2 is 1.59 bits per heavy atom.